The molecule has 0 spiro atoms. The van der Waals surface area contributed by atoms with E-state index in [2.05, 4.69) is 29.3 Å². The number of H-pyrrole nitrogens is 1. The van der Waals surface area contributed by atoms with Gasteiger partial charge in [0.25, 0.3) is 0 Å². The van der Waals surface area contributed by atoms with Crippen molar-refractivity contribution in [1.82, 2.24) is 4.98 Å². The van der Waals surface area contributed by atoms with Crippen LogP contribution in [0.2, 0.25) is 0 Å². The molecule has 0 bridgehead atoms. The van der Waals surface area contributed by atoms with Crippen LogP contribution < -0.4 is 4.74 Å². The fourth-order valence-electron chi connectivity index (χ4n) is 3.72. The Kier molecular flexibility index (Phi) is 3.12. The van der Waals surface area contributed by atoms with Crippen LogP contribution in [-0.4, -0.2) is 12.1 Å². The van der Waals surface area contributed by atoms with E-state index in [0.717, 1.165) is 30.6 Å². The number of para-hydroxylation sites is 1. The van der Waals surface area contributed by atoms with Gasteiger partial charge < -0.3 is 9.72 Å². The Morgan fingerprint density at radius 3 is 2.65 bits per heavy atom. The van der Waals surface area contributed by atoms with Crippen molar-refractivity contribution in [2.45, 2.75) is 24.7 Å². The van der Waals surface area contributed by atoms with Gasteiger partial charge in [0.15, 0.2) is 0 Å². The molecule has 0 saturated carbocycles. The second kappa shape index (κ2) is 5.17. The summed E-state index contributed by atoms with van der Waals surface area (Å²) in [6.45, 7) is 0. The van der Waals surface area contributed by atoms with Crippen LogP contribution >= 0.6 is 0 Å². The van der Waals surface area contributed by atoms with E-state index in [1.165, 1.54) is 22.2 Å². The number of aryl methyl sites for hydroxylation is 1. The molecule has 1 unspecified atom stereocenters. The van der Waals surface area contributed by atoms with Crippen molar-refractivity contribution < 1.29 is 4.74 Å². The molecule has 1 aliphatic carbocycles. The molecule has 1 heterocycles. The van der Waals surface area contributed by atoms with Crippen molar-refractivity contribution in [3.63, 3.8) is 0 Å². The highest BCUT2D eigenvalue weighted by molar-refractivity contribution is 5.85. The molecule has 0 fully saturated rings. The van der Waals surface area contributed by atoms with E-state index >= 15 is 0 Å². The van der Waals surface area contributed by atoms with Crippen LogP contribution in [0.15, 0.2) is 48.5 Å². The second-order valence-corrected chi connectivity index (χ2v) is 6.23. The fraction of sp³-hybridized carbons (Fsp3) is 0.250. The number of nitrogens with zero attached hydrogens (tertiary/aromatic N) is 1. The van der Waals surface area contributed by atoms with E-state index in [4.69, 9.17) is 4.74 Å². The molecule has 0 saturated heterocycles. The average Bonchev–Trinajstić information content (AvgIpc) is 2.99. The van der Waals surface area contributed by atoms with Gasteiger partial charge in [0.05, 0.1) is 18.6 Å². The number of aromatic nitrogens is 1. The van der Waals surface area contributed by atoms with Gasteiger partial charge >= 0.3 is 0 Å². The summed E-state index contributed by atoms with van der Waals surface area (Å²) in [5.74, 6) is 0.824. The van der Waals surface area contributed by atoms with Gasteiger partial charge in [0.1, 0.15) is 5.75 Å². The monoisotopic (exact) mass is 302 g/mol. The summed E-state index contributed by atoms with van der Waals surface area (Å²) in [5, 5.41) is 11.2. The molecule has 1 aromatic heterocycles. The number of fused-ring (bicyclic) bond motifs is 3. The molecule has 1 aliphatic rings. The second-order valence-electron chi connectivity index (χ2n) is 6.23. The van der Waals surface area contributed by atoms with Crippen LogP contribution in [-0.2, 0) is 18.3 Å². The molecule has 0 amide bonds. The van der Waals surface area contributed by atoms with Crippen molar-refractivity contribution in [2.75, 3.05) is 7.11 Å². The zero-order valence-corrected chi connectivity index (χ0v) is 13.1. The number of nitrogens with one attached hydrogen (secondary N) is 1. The minimum atomic E-state index is -0.454. The summed E-state index contributed by atoms with van der Waals surface area (Å²) in [4.78, 5) is 3.52. The Morgan fingerprint density at radius 1 is 1.13 bits per heavy atom. The lowest BCUT2D eigenvalue weighted by Crippen LogP contribution is -2.31. The molecule has 3 nitrogen and oxygen atoms in total. The van der Waals surface area contributed by atoms with Gasteiger partial charge in [-0.3, -0.25) is 0 Å². The Balaban J connectivity index is 1.80. The van der Waals surface area contributed by atoms with Gasteiger partial charge in [0.2, 0.25) is 0 Å². The van der Waals surface area contributed by atoms with Gasteiger partial charge in [-0.05, 0) is 48.6 Å². The lowest BCUT2D eigenvalue weighted by molar-refractivity contribution is 0.413. The van der Waals surface area contributed by atoms with E-state index in [1.807, 2.05) is 30.3 Å². The Bertz CT molecular complexity index is 902. The number of rotatable bonds is 2. The SMILES string of the molecule is COc1ccc(C2(C#N)CCc3[nH]c4ccccc4c3C2)cc1. The summed E-state index contributed by atoms with van der Waals surface area (Å²) < 4.78 is 5.24. The van der Waals surface area contributed by atoms with E-state index in [0.29, 0.717) is 0 Å². The standard InChI is InChI=1S/C20H18N2O/c1-23-15-8-6-14(7-9-15)20(13-21)11-10-19-17(12-20)16-4-2-3-5-18(16)22-19/h2-9,22H,10-12H2,1H3. The lowest BCUT2D eigenvalue weighted by Gasteiger charge is -2.31. The normalized spacial score (nSPS) is 20.0. The minimum Gasteiger partial charge on any atom is -0.497 e. The number of methoxy groups -OCH3 is 1. The van der Waals surface area contributed by atoms with Gasteiger partial charge in [-0.2, -0.15) is 5.26 Å². The maximum Gasteiger partial charge on any atom is 0.118 e. The number of hydrogen-bond acceptors (Lipinski definition) is 2. The molecular formula is C20H18N2O. The van der Waals surface area contributed by atoms with Crippen molar-refractivity contribution in [3.05, 3.63) is 65.4 Å². The lowest BCUT2D eigenvalue weighted by atomic mass is 9.69. The third-order valence-corrected chi connectivity index (χ3v) is 5.04. The van der Waals surface area contributed by atoms with E-state index in [9.17, 15) is 5.26 Å². The predicted octanol–water partition coefficient (Wildman–Crippen LogP) is 4.13. The van der Waals surface area contributed by atoms with Crippen molar-refractivity contribution in [3.8, 4) is 11.8 Å². The van der Waals surface area contributed by atoms with Gasteiger partial charge in [-0.25, -0.2) is 0 Å². The zero-order chi connectivity index (χ0) is 15.9. The van der Waals surface area contributed by atoms with E-state index in [-0.39, 0.29) is 0 Å². The molecule has 3 heteroatoms. The Hall–Kier alpha value is -2.73. The van der Waals surface area contributed by atoms with Crippen LogP contribution in [0.4, 0.5) is 0 Å². The van der Waals surface area contributed by atoms with Gasteiger partial charge in [0, 0.05) is 16.6 Å². The van der Waals surface area contributed by atoms with Crippen molar-refractivity contribution in [1.29, 1.82) is 5.26 Å². The first-order valence-electron chi connectivity index (χ1n) is 7.90. The molecule has 1 N–H and O–H groups in total. The third-order valence-electron chi connectivity index (χ3n) is 5.04. The molecule has 0 aliphatic heterocycles. The first kappa shape index (κ1) is 13.9. The maximum absolute atomic E-state index is 9.97. The van der Waals surface area contributed by atoms with Crippen LogP contribution in [0.5, 0.6) is 5.75 Å². The summed E-state index contributed by atoms with van der Waals surface area (Å²) >= 11 is 0. The number of benzene rings is 2. The Morgan fingerprint density at radius 2 is 1.91 bits per heavy atom. The summed E-state index contributed by atoms with van der Waals surface area (Å²) in [6, 6.07) is 18.9. The number of aromatic amines is 1. The van der Waals surface area contributed by atoms with Crippen molar-refractivity contribution in [2.24, 2.45) is 0 Å². The topological polar surface area (TPSA) is 48.8 Å². The molecule has 4 rings (SSSR count). The highest BCUT2D eigenvalue weighted by Gasteiger charge is 2.37. The minimum absolute atomic E-state index is 0.454. The highest BCUT2D eigenvalue weighted by Crippen LogP contribution is 2.41. The summed E-state index contributed by atoms with van der Waals surface area (Å²) in [5.41, 5.74) is 4.37. The number of ether oxygens (including phenoxy) is 1. The van der Waals surface area contributed by atoms with Crippen LogP contribution in [0.1, 0.15) is 23.2 Å². The number of hydrogen-bond donors (Lipinski definition) is 1. The van der Waals surface area contributed by atoms with Crippen molar-refractivity contribution >= 4 is 10.9 Å². The maximum atomic E-state index is 9.97. The quantitative estimate of drug-likeness (QED) is 0.774. The van der Waals surface area contributed by atoms with Gasteiger partial charge in [-0.1, -0.05) is 30.3 Å². The average molecular weight is 302 g/mol. The van der Waals surface area contributed by atoms with Gasteiger partial charge in [-0.15, -0.1) is 0 Å². The first-order chi connectivity index (χ1) is 11.3. The largest absolute Gasteiger partial charge is 0.497 e. The molecule has 0 radical (unpaired) electrons. The molecule has 3 aromatic rings. The first-order valence-corrected chi connectivity index (χ1v) is 7.90. The smallest absolute Gasteiger partial charge is 0.118 e. The van der Waals surface area contributed by atoms with Crippen LogP contribution in [0.3, 0.4) is 0 Å². The Labute approximate surface area is 135 Å². The van der Waals surface area contributed by atoms with E-state index < -0.39 is 5.41 Å². The predicted molar refractivity (Wildman–Crippen MR) is 90.6 cm³/mol. The molecule has 114 valence electrons. The molecular weight excluding hydrogens is 284 g/mol. The third kappa shape index (κ3) is 2.10. The van der Waals surface area contributed by atoms with Crippen LogP contribution in [0.25, 0.3) is 10.9 Å². The summed E-state index contributed by atoms with van der Waals surface area (Å²) in [7, 11) is 1.66. The van der Waals surface area contributed by atoms with E-state index in [1.54, 1.807) is 7.11 Å². The zero-order valence-electron chi connectivity index (χ0n) is 13.1. The van der Waals surface area contributed by atoms with Crippen LogP contribution in [0, 0.1) is 11.3 Å². The fourth-order valence-corrected chi connectivity index (χ4v) is 3.72. The highest BCUT2D eigenvalue weighted by atomic mass is 16.5. The number of nitriles is 1. The molecule has 2 aromatic carbocycles. The summed E-state index contributed by atoms with van der Waals surface area (Å²) in [6.07, 6.45) is 2.51. The molecule has 23 heavy (non-hydrogen) atoms. The molecule has 1 atom stereocenters.